The standard InChI is InChI=1S/C32H68N2O8Si4/c1-27(43-41-25-23-35-5)15-19-33(21-17-29(3)45(37-7)38-8)31-11-13-32(14-12-31)34(22-18-30(4)46(39-9)40-10)20-16-28(2)44-42-26-24-36-6/h11-14,27-30,45-46H,15-26,43-44H2,1-10H3. The van der Waals surface area contributed by atoms with Crippen LogP contribution in [0.4, 0.5) is 11.4 Å². The van der Waals surface area contributed by atoms with E-state index in [1.54, 1.807) is 42.7 Å². The molecule has 0 saturated heterocycles. The number of methoxy groups -OCH3 is 2. The van der Waals surface area contributed by atoms with Gasteiger partial charge in [-0.2, -0.15) is 0 Å². The van der Waals surface area contributed by atoms with Crippen LogP contribution in [-0.2, 0) is 36.0 Å². The summed E-state index contributed by atoms with van der Waals surface area (Å²) in [5.41, 5.74) is 4.59. The van der Waals surface area contributed by atoms with E-state index in [2.05, 4.69) is 61.8 Å². The molecular weight excluding hydrogens is 653 g/mol. The second-order valence-corrected chi connectivity index (χ2v) is 22.5. The Morgan fingerprint density at radius 2 is 0.848 bits per heavy atom. The average Bonchev–Trinajstić information content (AvgIpc) is 3.06. The van der Waals surface area contributed by atoms with Crippen molar-refractivity contribution in [3.63, 3.8) is 0 Å². The maximum atomic E-state index is 5.95. The van der Waals surface area contributed by atoms with Gasteiger partial charge in [-0.3, -0.25) is 0 Å². The molecule has 0 bridgehead atoms. The van der Waals surface area contributed by atoms with Crippen LogP contribution < -0.4 is 9.80 Å². The smallest absolute Gasteiger partial charge is 0.323 e. The van der Waals surface area contributed by atoms with Crippen molar-refractivity contribution in [2.75, 3.05) is 105 Å². The first-order chi connectivity index (χ1) is 22.2. The summed E-state index contributed by atoms with van der Waals surface area (Å²) in [5.74, 6) is 0. The fraction of sp³-hybridized carbons (Fsp3) is 0.812. The van der Waals surface area contributed by atoms with Gasteiger partial charge in [-0.15, -0.1) is 0 Å². The molecular formula is C32H68N2O8Si4. The fourth-order valence-electron chi connectivity index (χ4n) is 5.50. The Morgan fingerprint density at radius 1 is 0.522 bits per heavy atom. The van der Waals surface area contributed by atoms with E-state index in [1.165, 1.54) is 11.4 Å². The van der Waals surface area contributed by atoms with Crippen LogP contribution in [0.3, 0.4) is 0 Å². The summed E-state index contributed by atoms with van der Waals surface area (Å²) in [5, 5.41) is 0. The van der Waals surface area contributed by atoms with Gasteiger partial charge >= 0.3 is 18.6 Å². The molecule has 0 fully saturated rings. The zero-order chi connectivity index (χ0) is 34.2. The van der Waals surface area contributed by atoms with E-state index in [4.69, 9.17) is 36.0 Å². The molecule has 0 heterocycles. The number of nitrogens with zero attached hydrogens (tertiary/aromatic N) is 2. The fourth-order valence-corrected chi connectivity index (χ4v) is 10.7. The van der Waals surface area contributed by atoms with Crippen LogP contribution in [-0.4, -0.2) is 133 Å². The van der Waals surface area contributed by atoms with Crippen molar-refractivity contribution in [2.45, 2.75) is 75.5 Å². The van der Waals surface area contributed by atoms with E-state index in [9.17, 15) is 0 Å². The van der Waals surface area contributed by atoms with Gasteiger partial charge in [-0.05, 0) is 72.1 Å². The molecule has 0 spiro atoms. The van der Waals surface area contributed by atoms with Crippen LogP contribution >= 0.6 is 0 Å². The monoisotopic (exact) mass is 720 g/mol. The molecule has 4 unspecified atom stereocenters. The van der Waals surface area contributed by atoms with Crippen molar-refractivity contribution in [3.05, 3.63) is 24.3 Å². The Morgan fingerprint density at radius 3 is 1.15 bits per heavy atom. The summed E-state index contributed by atoms with van der Waals surface area (Å²) < 4.78 is 45.0. The summed E-state index contributed by atoms with van der Waals surface area (Å²) in [4.78, 5) is 5.09. The van der Waals surface area contributed by atoms with Gasteiger partial charge < -0.3 is 45.8 Å². The van der Waals surface area contributed by atoms with Gasteiger partial charge in [0.25, 0.3) is 0 Å². The molecule has 14 heteroatoms. The first-order valence-electron chi connectivity index (χ1n) is 17.1. The number of ether oxygens (including phenoxy) is 2. The highest BCUT2D eigenvalue weighted by molar-refractivity contribution is 6.46. The second-order valence-electron chi connectivity index (χ2n) is 12.6. The number of rotatable bonds is 30. The van der Waals surface area contributed by atoms with E-state index < -0.39 is 38.1 Å². The van der Waals surface area contributed by atoms with Gasteiger partial charge in [-0.1, -0.05) is 27.7 Å². The lowest BCUT2D eigenvalue weighted by Gasteiger charge is -2.31. The molecule has 270 valence electrons. The Hall–Kier alpha value is -0.632. The number of hydrogen-bond donors (Lipinski definition) is 0. The van der Waals surface area contributed by atoms with Crippen molar-refractivity contribution in [3.8, 4) is 0 Å². The molecule has 0 aliphatic heterocycles. The zero-order valence-electron chi connectivity index (χ0n) is 30.8. The van der Waals surface area contributed by atoms with Crippen molar-refractivity contribution in [1.29, 1.82) is 0 Å². The molecule has 0 aliphatic rings. The van der Waals surface area contributed by atoms with Crippen LogP contribution in [0.1, 0.15) is 53.4 Å². The number of anilines is 2. The third-order valence-corrected chi connectivity index (χ3v) is 16.0. The average molecular weight is 721 g/mol. The molecule has 0 saturated carbocycles. The summed E-state index contributed by atoms with van der Waals surface area (Å²) in [7, 11) is 6.04. The molecule has 0 aromatic heterocycles. The van der Waals surface area contributed by atoms with Gasteiger partial charge in [0, 0.05) is 80.2 Å². The van der Waals surface area contributed by atoms with Gasteiger partial charge in [0.15, 0.2) is 19.5 Å². The zero-order valence-corrected chi connectivity index (χ0v) is 36.0. The van der Waals surface area contributed by atoms with Crippen LogP contribution in [0.15, 0.2) is 24.3 Å². The highest BCUT2D eigenvalue weighted by Crippen LogP contribution is 2.27. The lowest BCUT2D eigenvalue weighted by Crippen LogP contribution is -2.32. The summed E-state index contributed by atoms with van der Waals surface area (Å²) in [6.45, 7) is 15.9. The third-order valence-electron chi connectivity index (χ3n) is 8.60. The summed E-state index contributed by atoms with van der Waals surface area (Å²) >= 11 is 0. The molecule has 0 aliphatic carbocycles. The minimum absolute atomic E-state index is 0.425. The predicted molar refractivity (Wildman–Crippen MR) is 202 cm³/mol. The molecule has 1 aromatic rings. The van der Waals surface area contributed by atoms with E-state index in [0.29, 0.717) is 48.6 Å². The predicted octanol–water partition coefficient (Wildman–Crippen LogP) is 3.78. The molecule has 0 radical (unpaired) electrons. The van der Waals surface area contributed by atoms with Crippen molar-refractivity contribution in [1.82, 2.24) is 0 Å². The molecule has 1 rings (SSSR count). The Bertz CT molecular complexity index is 776. The molecule has 0 amide bonds. The molecule has 4 atom stereocenters. The van der Waals surface area contributed by atoms with Gasteiger partial charge in [0.2, 0.25) is 0 Å². The quantitative estimate of drug-likeness (QED) is 0.0866. The summed E-state index contributed by atoms with van der Waals surface area (Å²) in [6.07, 6.45) is 4.32. The molecule has 46 heavy (non-hydrogen) atoms. The highest BCUT2D eigenvalue weighted by atomic mass is 28.3. The van der Waals surface area contributed by atoms with E-state index >= 15 is 0 Å². The molecule has 1 aromatic carbocycles. The van der Waals surface area contributed by atoms with Crippen molar-refractivity contribution >= 4 is 49.5 Å². The number of hydrogen-bond acceptors (Lipinski definition) is 10. The first kappa shape index (κ1) is 43.4. The van der Waals surface area contributed by atoms with Crippen LogP contribution in [0.25, 0.3) is 0 Å². The molecule has 10 nitrogen and oxygen atoms in total. The normalized spacial score (nSPS) is 15.0. The van der Waals surface area contributed by atoms with Crippen LogP contribution in [0.2, 0.25) is 22.2 Å². The largest absolute Gasteiger partial charge is 0.421 e. The van der Waals surface area contributed by atoms with E-state index in [1.807, 2.05) is 0 Å². The highest BCUT2D eigenvalue weighted by Gasteiger charge is 2.23. The first-order valence-corrected chi connectivity index (χ1v) is 23.1. The Balaban J connectivity index is 3.05. The van der Waals surface area contributed by atoms with Crippen molar-refractivity contribution < 1.29 is 36.0 Å². The van der Waals surface area contributed by atoms with Gasteiger partial charge in [-0.25, -0.2) is 0 Å². The SMILES string of the molecule is COCCO[SiH2]C(C)CCN(CCC(C)[SiH](OC)OC)c1ccc(N(CCC(C)[SiH2]OCCOC)CCC(C)[SiH](OC)OC)cc1. The van der Waals surface area contributed by atoms with E-state index in [0.717, 1.165) is 51.9 Å². The van der Waals surface area contributed by atoms with Crippen LogP contribution in [0.5, 0.6) is 0 Å². The third kappa shape index (κ3) is 18.2. The topological polar surface area (TPSA) is 80.3 Å². The van der Waals surface area contributed by atoms with Gasteiger partial charge in [0.1, 0.15) is 0 Å². The maximum Gasteiger partial charge on any atom is 0.323 e. The minimum Gasteiger partial charge on any atom is -0.421 e. The minimum atomic E-state index is -1.67. The van der Waals surface area contributed by atoms with Gasteiger partial charge in [0.05, 0.1) is 26.4 Å². The Labute approximate surface area is 289 Å². The van der Waals surface area contributed by atoms with Crippen molar-refractivity contribution in [2.24, 2.45) is 0 Å². The summed E-state index contributed by atoms with van der Waals surface area (Å²) in [6, 6.07) is 9.23. The lowest BCUT2D eigenvalue weighted by atomic mass is 10.2. The Kier molecular flexibility index (Phi) is 25.7. The molecule has 0 N–H and O–H groups in total. The van der Waals surface area contributed by atoms with Crippen LogP contribution in [0, 0.1) is 0 Å². The lowest BCUT2D eigenvalue weighted by molar-refractivity contribution is 0.148. The number of benzene rings is 1. The second kappa shape index (κ2) is 27.2. The maximum absolute atomic E-state index is 5.95. The van der Waals surface area contributed by atoms with E-state index in [-0.39, 0.29) is 0 Å².